The van der Waals surface area contributed by atoms with Crippen molar-refractivity contribution in [2.24, 2.45) is 0 Å². The van der Waals surface area contributed by atoms with Crippen molar-refractivity contribution in [1.29, 1.82) is 0 Å². The summed E-state index contributed by atoms with van der Waals surface area (Å²) in [5.41, 5.74) is 2.97. The average molecular weight is 662 g/mol. The van der Waals surface area contributed by atoms with Crippen LogP contribution in [-0.4, -0.2) is 110 Å². The number of hydrogen-bond acceptors (Lipinski definition) is 8. The number of nitrogens with zero attached hydrogens (tertiary/aromatic N) is 7. The zero-order chi connectivity index (χ0) is 32.9. The Hall–Kier alpha value is -3.98. The summed E-state index contributed by atoms with van der Waals surface area (Å²) in [6, 6.07) is 12.5. The van der Waals surface area contributed by atoms with Crippen LogP contribution in [0.2, 0.25) is 5.02 Å². The monoisotopic (exact) mass is 661 g/mol. The number of rotatable bonds is 9. The number of alkyl halides is 1. The predicted molar refractivity (Wildman–Crippen MR) is 182 cm³/mol. The molecule has 3 aliphatic rings. The third-order valence-electron chi connectivity index (χ3n) is 9.21. The number of piperazine rings is 1. The van der Waals surface area contributed by atoms with E-state index in [0.717, 1.165) is 53.2 Å². The third kappa shape index (κ3) is 7.30. The first-order valence-corrected chi connectivity index (χ1v) is 16.7. The highest BCUT2D eigenvalue weighted by atomic mass is 35.5. The molecule has 2 aromatic carbocycles. The van der Waals surface area contributed by atoms with Crippen LogP contribution in [0.5, 0.6) is 6.01 Å². The van der Waals surface area contributed by atoms with E-state index in [4.69, 9.17) is 37.6 Å². The van der Waals surface area contributed by atoms with E-state index in [1.165, 1.54) is 12.2 Å². The van der Waals surface area contributed by atoms with Gasteiger partial charge in [-0.25, -0.2) is 11.0 Å². The summed E-state index contributed by atoms with van der Waals surface area (Å²) in [7, 11) is 0. The first-order valence-electron chi connectivity index (χ1n) is 16.3. The lowest BCUT2D eigenvalue weighted by Crippen LogP contribution is -2.56. The SMILES string of the molecule is [C-]#[N+]C[C@H]1CN(c2nc(OCC3CN(C(C)C)CCO3)nc3c2CCN(c2cccc4cccc(Cl)c24)C3)CCN1C(=O)/C=C/CF. The molecule has 0 spiro atoms. The average Bonchev–Trinajstić information content (AvgIpc) is 3.09. The number of amides is 1. The molecule has 0 radical (unpaired) electrons. The molecule has 12 heteroatoms. The maximum atomic E-state index is 12.8. The highest BCUT2D eigenvalue weighted by Crippen LogP contribution is 2.37. The Morgan fingerprint density at radius 3 is 2.77 bits per heavy atom. The molecule has 0 saturated carbocycles. The van der Waals surface area contributed by atoms with Crippen molar-refractivity contribution in [3.8, 4) is 6.01 Å². The lowest BCUT2D eigenvalue weighted by Gasteiger charge is -2.41. The van der Waals surface area contributed by atoms with Gasteiger partial charge in [-0.2, -0.15) is 9.97 Å². The number of benzene rings is 2. The minimum Gasteiger partial charge on any atom is -0.461 e. The van der Waals surface area contributed by atoms with Crippen LogP contribution in [0, 0.1) is 6.57 Å². The van der Waals surface area contributed by atoms with E-state index in [9.17, 15) is 9.18 Å². The zero-order valence-electron chi connectivity index (χ0n) is 26.9. The van der Waals surface area contributed by atoms with Crippen molar-refractivity contribution in [2.75, 3.05) is 75.5 Å². The fourth-order valence-electron chi connectivity index (χ4n) is 6.78. The highest BCUT2D eigenvalue weighted by Gasteiger charge is 2.35. The lowest BCUT2D eigenvalue weighted by molar-refractivity contribution is -0.128. The van der Waals surface area contributed by atoms with E-state index >= 15 is 0 Å². The van der Waals surface area contributed by atoms with Crippen molar-refractivity contribution in [3.05, 3.63) is 76.2 Å². The van der Waals surface area contributed by atoms with Crippen LogP contribution < -0.4 is 14.5 Å². The fourth-order valence-corrected chi connectivity index (χ4v) is 7.06. The second kappa shape index (κ2) is 14.8. The maximum absolute atomic E-state index is 12.8. The Kier molecular flexibility index (Phi) is 10.4. The number of hydrogen-bond donors (Lipinski definition) is 0. The Morgan fingerprint density at radius 2 is 1.98 bits per heavy atom. The standard InChI is InChI=1S/C35H41ClFN7O3/c1-24(2)41-17-18-46-27(21-41)23-47-35-39-30-22-42(31-10-5-8-25-7-4-9-29(36)33(25)31)14-12-28(30)34(40-35)43-15-16-44(26(20-43)19-38-3)32(45)11-6-13-37/h4-11,24,26-27H,12-23H2,1-2H3/b11-6+/t26-,27?/m0/s1. The number of ether oxygens (including phenoxy) is 2. The van der Waals surface area contributed by atoms with E-state index in [0.29, 0.717) is 56.9 Å². The van der Waals surface area contributed by atoms with Crippen molar-refractivity contribution in [3.63, 3.8) is 0 Å². The van der Waals surface area contributed by atoms with Gasteiger partial charge in [0.25, 0.3) is 0 Å². The predicted octanol–water partition coefficient (Wildman–Crippen LogP) is 4.80. The number of morpholine rings is 1. The minimum absolute atomic E-state index is 0.0986. The molecule has 2 fully saturated rings. The maximum Gasteiger partial charge on any atom is 0.318 e. The molecule has 1 aromatic heterocycles. The van der Waals surface area contributed by atoms with E-state index in [1.807, 2.05) is 12.1 Å². The molecule has 0 bridgehead atoms. The Balaban J connectivity index is 1.31. The summed E-state index contributed by atoms with van der Waals surface area (Å²) in [6.45, 7) is 16.6. The third-order valence-corrected chi connectivity index (χ3v) is 9.53. The molecule has 2 atom stereocenters. The number of carbonyl (C=O) groups is 1. The van der Waals surface area contributed by atoms with Gasteiger partial charge in [-0.15, -0.1) is 0 Å². The van der Waals surface area contributed by atoms with Crippen LogP contribution in [0.15, 0.2) is 48.6 Å². The number of anilines is 2. The van der Waals surface area contributed by atoms with Crippen LogP contribution in [0.4, 0.5) is 15.9 Å². The number of halogens is 2. The van der Waals surface area contributed by atoms with E-state index in [2.05, 4.69) is 57.7 Å². The minimum atomic E-state index is -0.710. The molecule has 3 aliphatic heterocycles. The van der Waals surface area contributed by atoms with Crippen LogP contribution in [-0.2, 0) is 22.5 Å². The topological polar surface area (TPSA) is 78.6 Å². The molecule has 1 unspecified atom stereocenters. The Bertz CT molecular complexity index is 1660. The van der Waals surface area contributed by atoms with Gasteiger partial charge in [0.1, 0.15) is 31.2 Å². The molecule has 0 aliphatic carbocycles. The van der Waals surface area contributed by atoms with Crippen LogP contribution in [0.1, 0.15) is 25.1 Å². The zero-order valence-corrected chi connectivity index (χ0v) is 27.7. The number of allylic oxidation sites excluding steroid dienone is 1. The Labute approximate surface area is 280 Å². The summed E-state index contributed by atoms with van der Waals surface area (Å²) in [5, 5.41) is 2.80. The van der Waals surface area contributed by atoms with E-state index in [-0.39, 0.29) is 30.6 Å². The first-order chi connectivity index (χ1) is 22.9. The van der Waals surface area contributed by atoms with Crippen molar-refractivity contribution >= 4 is 39.8 Å². The van der Waals surface area contributed by atoms with Gasteiger partial charge in [-0.3, -0.25) is 9.69 Å². The van der Waals surface area contributed by atoms with Gasteiger partial charge in [-0.1, -0.05) is 35.9 Å². The van der Waals surface area contributed by atoms with Crippen molar-refractivity contribution in [1.82, 2.24) is 19.8 Å². The molecule has 3 aromatic rings. The van der Waals surface area contributed by atoms with Gasteiger partial charge in [-0.05, 0) is 43.9 Å². The van der Waals surface area contributed by atoms with Crippen molar-refractivity contribution in [2.45, 2.75) is 45.0 Å². The lowest BCUT2D eigenvalue weighted by atomic mass is 10.0. The second-order valence-corrected chi connectivity index (χ2v) is 12.9. The molecular weight excluding hydrogens is 621 g/mol. The summed E-state index contributed by atoms with van der Waals surface area (Å²) in [4.78, 5) is 34.9. The summed E-state index contributed by atoms with van der Waals surface area (Å²) in [5.74, 6) is 0.493. The van der Waals surface area contributed by atoms with E-state index < -0.39 is 6.67 Å². The van der Waals surface area contributed by atoms with Gasteiger partial charge in [0, 0.05) is 68.0 Å². The highest BCUT2D eigenvalue weighted by molar-refractivity contribution is 6.36. The van der Waals surface area contributed by atoms with E-state index in [1.54, 1.807) is 4.90 Å². The molecule has 0 N–H and O–H groups in total. The molecular formula is C35H41ClFN7O3. The molecule has 1 amide bonds. The van der Waals surface area contributed by atoms with Gasteiger partial charge < -0.3 is 29.0 Å². The van der Waals surface area contributed by atoms with Gasteiger partial charge >= 0.3 is 6.01 Å². The first kappa shape index (κ1) is 32.9. The largest absolute Gasteiger partial charge is 0.461 e. The quantitative estimate of drug-likeness (QED) is 0.239. The van der Waals surface area contributed by atoms with Gasteiger partial charge in [0.15, 0.2) is 0 Å². The van der Waals surface area contributed by atoms with Crippen LogP contribution in [0.25, 0.3) is 15.6 Å². The fraction of sp³-hybridized carbons (Fsp3) is 0.486. The van der Waals surface area contributed by atoms with Crippen LogP contribution in [0.3, 0.4) is 0 Å². The second-order valence-electron chi connectivity index (χ2n) is 12.5. The molecule has 2 saturated heterocycles. The number of fused-ring (bicyclic) bond motifs is 2. The van der Waals surface area contributed by atoms with Gasteiger partial charge in [0.2, 0.25) is 12.5 Å². The number of carbonyl (C=O) groups excluding carboxylic acids is 1. The van der Waals surface area contributed by atoms with Gasteiger partial charge in [0.05, 0.1) is 23.9 Å². The Morgan fingerprint density at radius 1 is 1.15 bits per heavy atom. The molecule has 10 nitrogen and oxygen atoms in total. The molecule has 6 rings (SSSR count). The molecule has 4 heterocycles. The number of aromatic nitrogens is 2. The van der Waals surface area contributed by atoms with Crippen molar-refractivity contribution < 1.29 is 18.7 Å². The smallest absolute Gasteiger partial charge is 0.318 e. The summed E-state index contributed by atoms with van der Waals surface area (Å²) >= 11 is 6.71. The normalized spacial score (nSPS) is 20.6. The summed E-state index contributed by atoms with van der Waals surface area (Å²) < 4.78 is 25.1. The van der Waals surface area contributed by atoms with Crippen LogP contribution >= 0.6 is 11.6 Å². The molecule has 248 valence electrons. The summed E-state index contributed by atoms with van der Waals surface area (Å²) in [6.07, 6.45) is 3.07. The molecule has 47 heavy (non-hydrogen) atoms.